The van der Waals surface area contributed by atoms with Gasteiger partial charge in [0.2, 0.25) is 5.91 Å². The van der Waals surface area contributed by atoms with Gasteiger partial charge in [0.25, 0.3) is 0 Å². The first-order valence-corrected chi connectivity index (χ1v) is 4.83. The quantitative estimate of drug-likeness (QED) is 0.627. The maximum Gasteiger partial charge on any atom is 0.219 e. The van der Waals surface area contributed by atoms with Gasteiger partial charge < -0.3 is 15.3 Å². The van der Waals surface area contributed by atoms with Crippen LogP contribution < -0.4 is 5.32 Å². The van der Waals surface area contributed by atoms with Gasteiger partial charge in [-0.2, -0.15) is 0 Å². The van der Waals surface area contributed by atoms with Crippen LogP contribution in [0.1, 0.15) is 19.3 Å². The minimum atomic E-state index is -0.153. The summed E-state index contributed by atoms with van der Waals surface area (Å²) < 4.78 is 0. The maximum atomic E-state index is 10.9. The van der Waals surface area contributed by atoms with Crippen LogP contribution in [0, 0.1) is 0 Å². The largest absolute Gasteiger partial charge is 0.392 e. The van der Waals surface area contributed by atoms with E-state index in [-0.39, 0.29) is 12.0 Å². The molecule has 0 aromatic heterocycles. The molecule has 1 heterocycles. The number of carbonyl (C=O) groups is 1. The van der Waals surface area contributed by atoms with Crippen molar-refractivity contribution in [3.8, 4) is 0 Å². The molecule has 0 aromatic rings. The van der Waals surface area contributed by atoms with E-state index < -0.39 is 0 Å². The molecule has 1 saturated heterocycles. The molecule has 1 aliphatic rings. The molecule has 1 amide bonds. The summed E-state index contributed by atoms with van der Waals surface area (Å²) in [7, 11) is 1.65. The predicted molar refractivity (Wildman–Crippen MR) is 50.4 cm³/mol. The van der Waals surface area contributed by atoms with E-state index in [1.54, 1.807) is 7.05 Å². The summed E-state index contributed by atoms with van der Waals surface area (Å²) in [5.74, 6) is 0.0970. The second-order valence-electron chi connectivity index (χ2n) is 3.52. The number of β-amino-alcohol motifs (C(OH)–C–C–N with tert-alkyl or cyclic N) is 1. The second kappa shape index (κ2) is 5.19. The van der Waals surface area contributed by atoms with Gasteiger partial charge in [-0.25, -0.2) is 0 Å². The Labute approximate surface area is 78.9 Å². The lowest BCUT2D eigenvalue weighted by Crippen LogP contribution is -2.25. The van der Waals surface area contributed by atoms with Crippen molar-refractivity contribution >= 4 is 5.91 Å². The zero-order chi connectivity index (χ0) is 9.68. The first-order chi connectivity index (χ1) is 6.22. The van der Waals surface area contributed by atoms with Crippen molar-refractivity contribution in [3.63, 3.8) is 0 Å². The van der Waals surface area contributed by atoms with Gasteiger partial charge in [-0.05, 0) is 19.4 Å². The van der Waals surface area contributed by atoms with Gasteiger partial charge >= 0.3 is 0 Å². The number of rotatable bonds is 4. The molecule has 4 heteroatoms. The van der Waals surface area contributed by atoms with Crippen LogP contribution in [0.25, 0.3) is 0 Å². The molecule has 13 heavy (non-hydrogen) atoms. The molecule has 0 unspecified atom stereocenters. The second-order valence-corrected chi connectivity index (χ2v) is 3.52. The molecule has 0 aromatic carbocycles. The van der Waals surface area contributed by atoms with Gasteiger partial charge in [0, 0.05) is 26.6 Å². The molecule has 2 N–H and O–H groups in total. The third-order valence-electron chi connectivity index (χ3n) is 2.40. The van der Waals surface area contributed by atoms with E-state index in [0.29, 0.717) is 6.42 Å². The van der Waals surface area contributed by atoms with Crippen LogP contribution in [-0.4, -0.2) is 48.7 Å². The Balaban J connectivity index is 2.03. The summed E-state index contributed by atoms with van der Waals surface area (Å²) in [5.41, 5.74) is 0. The standard InChI is InChI=1S/C9H18N2O2/c1-10-9(13)3-2-5-11-6-4-8(12)7-11/h8,12H,2-7H2,1H3,(H,10,13)/t8-/m1/s1. The van der Waals surface area contributed by atoms with Gasteiger partial charge in [0.05, 0.1) is 6.10 Å². The zero-order valence-corrected chi connectivity index (χ0v) is 8.12. The van der Waals surface area contributed by atoms with Crippen LogP contribution in [0.3, 0.4) is 0 Å². The van der Waals surface area contributed by atoms with Gasteiger partial charge in [0.15, 0.2) is 0 Å². The van der Waals surface area contributed by atoms with Gasteiger partial charge in [-0.3, -0.25) is 4.79 Å². The lowest BCUT2D eigenvalue weighted by atomic mass is 10.3. The number of hydrogen-bond acceptors (Lipinski definition) is 3. The monoisotopic (exact) mass is 186 g/mol. The summed E-state index contributed by atoms with van der Waals surface area (Å²) in [6.07, 6.45) is 2.19. The number of nitrogens with zero attached hydrogens (tertiary/aromatic N) is 1. The number of aliphatic hydroxyl groups is 1. The molecular weight excluding hydrogens is 168 g/mol. The van der Waals surface area contributed by atoms with Gasteiger partial charge in [-0.1, -0.05) is 0 Å². The molecule has 1 atom stereocenters. The molecule has 1 fully saturated rings. The number of nitrogens with one attached hydrogen (secondary N) is 1. The molecule has 1 rings (SSSR count). The number of hydrogen-bond donors (Lipinski definition) is 2. The molecule has 0 bridgehead atoms. The Morgan fingerprint density at radius 1 is 1.69 bits per heavy atom. The van der Waals surface area contributed by atoms with Crippen LogP contribution in [0.5, 0.6) is 0 Å². The highest BCUT2D eigenvalue weighted by Gasteiger charge is 2.19. The molecule has 0 radical (unpaired) electrons. The van der Waals surface area contributed by atoms with Crippen molar-refractivity contribution in [2.75, 3.05) is 26.7 Å². The van der Waals surface area contributed by atoms with Gasteiger partial charge in [0.1, 0.15) is 0 Å². The van der Waals surface area contributed by atoms with Crippen LogP contribution >= 0.6 is 0 Å². The Kier molecular flexibility index (Phi) is 4.18. The number of carbonyl (C=O) groups excluding carboxylic acids is 1. The minimum absolute atomic E-state index is 0.0970. The fourth-order valence-corrected chi connectivity index (χ4v) is 1.60. The van der Waals surface area contributed by atoms with Crippen LogP contribution in [0.2, 0.25) is 0 Å². The summed E-state index contributed by atoms with van der Waals surface area (Å²) in [6, 6.07) is 0. The Hall–Kier alpha value is -0.610. The normalized spacial score (nSPS) is 23.4. The van der Waals surface area contributed by atoms with E-state index >= 15 is 0 Å². The zero-order valence-electron chi connectivity index (χ0n) is 8.12. The molecule has 0 saturated carbocycles. The Morgan fingerprint density at radius 3 is 3.00 bits per heavy atom. The first kappa shape index (κ1) is 10.5. The highest BCUT2D eigenvalue weighted by Crippen LogP contribution is 2.09. The van der Waals surface area contributed by atoms with Crippen molar-refractivity contribution in [2.45, 2.75) is 25.4 Å². The van der Waals surface area contributed by atoms with Gasteiger partial charge in [-0.15, -0.1) is 0 Å². The average Bonchev–Trinajstić information content (AvgIpc) is 2.51. The van der Waals surface area contributed by atoms with Crippen molar-refractivity contribution in [1.82, 2.24) is 10.2 Å². The Morgan fingerprint density at radius 2 is 2.46 bits per heavy atom. The maximum absolute atomic E-state index is 10.9. The fourth-order valence-electron chi connectivity index (χ4n) is 1.60. The van der Waals surface area contributed by atoms with E-state index in [2.05, 4.69) is 10.2 Å². The van der Waals surface area contributed by atoms with E-state index in [4.69, 9.17) is 0 Å². The SMILES string of the molecule is CNC(=O)CCCN1CC[C@@H](O)C1. The average molecular weight is 186 g/mol. The van der Waals surface area contributed by atoms with E-state index in [1.807, 2.05) is 0 Å². The minimum Gasteiger partial charge on any atom is -0.392 e. The smallest absolute Gasteiger partial charge is 0.219 e. The molecule has 76 valence electrons. The number of likely N-dealkylation sites (tertiary alicyclic amines) is 1. The highest BCUT2D eigenvalue weighted by molar-refractivity contribution is 5.75. The lowest BCUT2D eigenvalue weighted by Gasteiger charge is -2.13. The number of amides is 1. The van der Waals surface area contributed by atoms with Crippen molar-refractivity contribution < 1.29 is 9.90 Å². The third-order valence-corrected chi connectivity index (χ3v) is 2.40. The molecule has 0 spiro atoms. The lowest BCUT2D eigenvalue weighted by molar-refractivity contribution is -0.120. The van der Waals surface area contributed by atoms with Crippen molar-refractivity contribution in [2.24, 2.45) is 0 Å². The summed E-state index contributed by atoms with van der Waals surface area (Å²) in [4.78, 5) is 13.1. The summed E-state index contributed by atoms with van der Waals surface area (Å²) in [6.45, 7) is 2.66. The van der Waals surface area contributed by atoms with E-state index in [0.717, 1.165) is 32.5 Å². The molecular formula is C9H18N2O2. The predicted octanol–water partition coefficient (Wildman–Crippen LogP) is -0.421. The molecule has 1 aliphatic heterocycles. The van der Waals surface area contributed by atoms with Crippen LogP contribution in [0.15, 0.2) is 0 Å². The van der Waals surface area contributed by atoms with E-state index in [9.17, 15) is 9.90 Å². The summed E-state index contributed by atoms with van der Waals surface area (Å²) in [5, 5.41) is 11.8. The van der Waals surface area contributed by atoms with Crippen molar-refractivity contribution in [3.05, 3.63) is 0 Å². The number of aliphatic hydroxyl groups excluding tert-OH is 1. The van der Waals surface area contributed by atoms with Crippen LogP contribution in [-0.2, 0) is 4.79 Å². The van der Waals surface area contributed by atoms with E-state index in [1.165, 1.54) is 0 Å². The Bertz CT molecular complexity index is 173. The van der Waals surface area contributed by atoms with Crippen LogP contribution in [0.4, 0.5) is 0 Å². The molecule has 0 aliphatic carbocycles. The first-order valence-electron chi connectivity index (χ1n) is 4.83. The molecule has 4 nitrogen and oxygen atoms in total. The summed E-state index contributed by atoms with van der Waals surface area (Å²) >= 11 is 0. The topological polar surface area (TPSA) is 52.6 Å². The highest BCUT2D eigenvalue weighted by atomic mass is 16.3. The third kappa shape index (κ3) is 3.74. The van der Waals surface area contributed by atoms with Crippen molar-refractivity contribution in [1.29, 1.82) is 0 Å². The fraction of sp³-hybridized carbons (Fsp3) is 0.889.